The lowest BCUT2D eigenvalue weighted by atomic mass is 9.43. The number of anilines is 5. The molecule has 3 heterocycles. The standard InChI is InChI=1S/C60H59BN2O/c1-36-28-44-42-33-43-41-18-14-15-19-54(41)64-55(43)35-51(42)63(40-21-22-45-47(32-40)59(7,8)25-24-57(45,3)4)61-49-23-20-39(38-16-12-11-13-17-38)31-52(49)62(53(29-36)56(44)61)50-34-48-46(30-37(50)2)58(5,6)26-27-60(48,9)10/h11-23,28-35H,24-27H2,1-10H3. The molecule has 0 bridgehead atoms. The van der Waals surface area contributed by atoms with Crippen molar-refractivity contribution in [2.24, 2.45) is 0 Å². The quantitative estimate of drug-likeness (QED) is 0.165. The first-order chi connectivity index (χ1) is 30.5. The van der Waals surface area contributed by atoms with Gasteiger partial charge in [-0.25, -0.2) is 0 Å². The summed E-state index contributed by atoms with van der Waals surface area (Å²) >= 11 is 0. The lowest BCUT2D eigenvalue weighted by molar-refractivity contribution is 0.332. The molecule has 2 aliphatic carbocycles. The van der Waals surface area contributed by atoms with E-state index in [0.717, 1.165) is 28.4 Å². The predicted molar refractivity (Wildman–Crippen MR) is 273 cm³/mol. The van der Waals surface area contributed by atoms with Crippen LogP contribution in [0.3, 0.4) is 0 Å². The van der Waals surface area contributed by atoms with E-state index in [0.29, 0.717) is 0 Å². The Kier molecular flexibility index (Phi) is 8.22. The highest BCUT2D eigenvalue weighted by Crippen LogP contribution is 2.54. The number of para-hydroxylation sites is 1. The third-order valence-electron chi connectivity index (χ3n) is 16.3. The first kappa shape index (κ1) is 39.6. The minimum absolute atomic E-state index is 0.0561. The van der Waals surface area contributed by atoms with Crippen LogP contribution in [-0.4, -0.2) is 6.85 Å². The number of hydrogen-bond acceptors (Lipinski definition) is 3. The van der Waals surface area contributed by atoms with Gasteiger partial charge in [-0.2, -0.15) is 0 Å². The highest BCUT2D eigenvalue weighted by Gasteiger charge is 2.47. The van der Waals surface area contributed by atoms with Gasteiger partial charge in [-0.15, -0.1) is 0 Å². The summed E-state index contributed by atoms with van der Waals surface area (Å²) < 4.78 is 6.74. The summed E-state index contributed by atoms with van der Waals surface area (Å²) in [5, 5.41) is 2.32. The van der Waals surface area contributed by atoms with Gasteiger partial charge in [-0.05, 0) is 165 Å². The summed E-state index contributed by atoms with van der Waals surface area (Å²) in [6.07, 6.45) is 4.71. The first-order valence-electron chi connectivity index (χ1n) is 23.7. The normalized spacial score (nSPS) is 18.3. The average Bonchev–Trinajstić information content (AvgIpc) is 3.64. The molecule has 8 aromatic rings. The van der Waals surface area contributed by atoms with Crippen LogP contribution in [0.1, 0.15) is 114 Å². The van der Waals surface area contributed by atoms with Crippen molar-refractivity contribution in [2.75, 3.05) is 9.71 Å². The van der Waals surface area contributed by atoms with Gasteiger partial charge in [0, 0.05) is 50.8 Å². The third kappa shape index (κ3) is 5.66. The van der Waals surface area contributed by atoms with Gasteiger partial charge < -0.3 is 14.1 Å². The SMILES string of the molecule is Cc1cc2c3c(c1)N(c1cc4c(cc1C)C(C)(C)CCC4(C)C)c1cc(-c4ccccc4)ccc1B3N(c1ccc3c(c1)C(C)(C)CCC3(C)C)c1cc3oc4ccccc4c3cc1-2. The minimum atomic E-state index is -0.0953. The Bertz CT molecular complexity index is 3270. The summed E-state index contributed by atoms with van der Waals surface area (Å²) in [5.74, 6) is 0. The van der Waals surface area contributed by atoms with Crippen LogP contribution in [0.25, 0.3) is 44.2 Å². The second kappa shape index (κ2) is 13.3. The molecule has 7 aromatic carbocycles. The van der Waals surface area contributed by atoms with Crippen LogP contribution in [0.15, 0.2) is 132 Å². The van der Waals surface area contributed by atoms with E-state index in [1.807, 2.05) is 0 Å². The highest BCUT2D eigenvalue weighted by molar-refractivity contribution is 6.93. The van der Waals surface area contributed by atoms with Crippen LogP contribution in [0, 0.1) is 13.8 Å². The maximum Gasteiger partial charge on any atom is 0.333 e. The van der Waals surface area contributed by atoms with E-state index in [9.17, 15) is 0 Å². The summed E-state index contributed by atoms with van der Waals surface area (Å²) in [6.45, 7) is 24.1. The van der Waals surface area contributed by atoms with E-state index in [-0.39, 0.29) is 28.5 Å². The molecule has 0 atom stereocenters. The molecule has 1 aromatic heterocycles. The van der Waals surface area contributed by atoms with Gasteiger partial charge in [-0.3, -0.25) is 0 Å². The van der Waals surface area contributed by atoms with Crippen molar-refractivity contribution < 1.29 is 4.42 Å². The fourth-order valence-electron chi connectivity index (χ4n) is 12.3. The Morgan fingerprint density at radius 2 is 1.12 bits per heavy atom. The number of aryl methyl sites for hydroxylation is 2. The summed E-state index contributed by atoms with van der Waals surface area (Å²) in [6, 6.07) is 49.1. The van der Waals surface area contributed by atoms with Crippen molar-refractivity contribution in [3.8, 4) is 22.3 Å². The topological polar surface area (TPSA) is 19.6 Å². The maximum absolute atomic E-state index is 6.74. The maximum atomic E-state index is 6.74. The van der Waals surface area contributed by atoms with Crippen LogP contribution >= 0.6 is 0 Å². The molecular formula is C60H59BN2O. The Morgan fingerprint density at radius 3 is 1.86 bits per heavy atom. The van der Waals surface area contributed by atoms with E-state index in [1.165, 1.54) is 114 Å². The molecule has 2 aliphatic heterocycles. The molecule has 0 fully saturated rings. The zero-order valence-electron chi connectivity index (χ0n) is 39.3. The largest absolute Gasteiger partial charge is 0.456 e. The molecule has 12 rings (SSSR count). The van der Waals surface area contributed by atoms with Gasteiger partial charge in [0.2, 0.25) is 0 Å². The number of nitrogens with zero attached hydrogens (tertiary/aromatic N) is 2. The lowest BCUT2D eigenvalue weighted by Crippen LogP contribution is -2.61. The summed E-state index contributed by atoms with van der Waals surface area (Å²) in [7, 11) is 0. The number of fused-ring (bicyclic) bond motifs is 9. The monoisotopic (exact) mass is 834 g/mol. The molecule has 4 heteroatoms. The van der Waals surface area contributed by atoms with Gasteiger partial charge >= 0.3 is 6.85 Å². The van der Waals surface area contributed by atoms with Crippen LogP contribution in [0.4, 0.5) is 28.4 Å². The number of rotatable bonds is 3. The molecular weight excluding hydrogens is 775 g/mol. The Balaban J connectivity index is 1.20. The minimum Gasteiger partial charge on any atom is -0.456 e. The second-order valence-electron chi connectivity index (χ2n) is 22.4. The number of benzene rings is 7. The highest BCUT2D eigenvalue weighted by atomic mass is 16.3. The van der Waals surface area contributed by atoms with E-state index >= 15 is 0 Å². The van der Waals surface area contributed by atoms with Crippen LogP contribution < -0.4 is 20.6 Å². The second-order valence-corrected chi connectivity index (χ2v) is 22.4. The Morgan fingerprint density at radius 1 is 0.469 bits per heavy atom. The molecule has 0 radical (unpaired) electrons. The Labute approximate surface area is 380 Å². The molecule has 0 spiro atoms. The number of furan rings is 1. The summed E-state index contributed by atoms with van der Waals surface area (Å²) in [4.78, 5) is 5.34. The molecule has 318 valence electrons. The predicted octanol–water partition coefficient (Wildman–Crippen LogP) is 15.3. The van der Waals surface area contributed by atoms with Crippen molar-refractivity contribution in [3.63, 3.8) is 0 Å². The van der Waals surface area contributed by atoms with Crippen LogP contribution in [0.2, 0.25) is 0 Å². The summed E-state index contributed by atoms with van der Waals surface area (Å²) in [5.41, 5.74) is 24.6. The van der Waals surface area contributed by atoms with Crippen molar-refractivity contribution >= 4 is 68.1 Å². The van der Waals surface area contributed by atoms with E-state index < -0.39 is 0 Å². The van der Waals surface area contributed by atoms with Gasteiger partial charge in [0.05, 0.1) is 0 Å². The zero-order valence-corrected chi connectivity index (χ0v) is 39.3. The third-order valence-corrected chi connectivity index (χ3v) is 16.3. The average molecular weight is 835 g/mol. The molecule has 0 unspecified atom stereocenters. The van der Waals surface area contributed by atoms with Gasteiger partial charge in [0.25, 0.3) is 0 Å². The molecule has 0 N–H and O–H groups in total. The van der Waals surface area contributed by atoms with Crippen molar-refractivity contribution in [2.45, 2.75) is 117 Å². The molecule has 0 amide bonds. The number of hydrogen-bond donors (Lipinski definition) is 0. The fraction of sp³-hybridized carbons (Fsp3) is 0.300. The van der Waals surface area contributed by atoms with Crippen molar-refractivity contribution in [3.05, 3.63) is 161 Å². The van der Waals surface area contributed by atoms with E-state index in [1.54, 1.807) is 0 Å². The smallest absolute Gasteiger partial charge is 0.333 e. The van der Waals surface area contributed by atoms with Crippen molar-refractivity contribution in [1.82, 2.24) is 0 Å². The first-order valence-corrected chi connectivity index (χ1v) is 23.7. The fourth-order valence-corrected chi connectivity index (χ4v) is 12.3. The van der Waals surface area contributed by atoms with Gasteiger partial charge in [-0.1, -0.05) is 134 Å². The lowest BCUT2D eigenvalue weighted by Gasteiger charge is -2.48. The van der Waals surface area contributed by atoms with E-state index in [2.05, 4.69) is 206 Å². The zero-order chi connectivity index (χ0) is 44.2. The molecule has 64 heavy (non-hydrogen) atoms. The van der Waals surface area contributed by atoms with Crippen molar-refractivity contribution in [1.29, 1.82) is 0 Å². The molecule has 0 saturated heterocycles. The Hall–Kier alpha value is -6.00. The molecule has 4 aliphatic rings. The molecule has 3 nitrogen and oxygen atoms in total. The molecule has 0 saturated carbocycles. The van der Waals surface area contributed by atoms with Crippen LogP contribution in [-0.2, 0) is 21.7 Å². The van der Waals surface area contributed by atoms with Gasteiger partial charge in [0.15, 0.2) is 0 Å². The van der Waals surface area contributed by atoms with Gasteiger partial charge in [0.1, 0.15) is 11.2 Å². The van der Waals surface area contributed by atoms with E-state index in [4.69, 9.17) is 4.42 Å². The van der Waals surface area contributed by atoms with Crippen LogP contribution in [0.5, 0.6) is 0 Å².